The average Bonchev–Trinajstić information content (AvgIpc) is 3.21. The van der Waals surface area contributed by atoms with Crippen molar-refractivity contribution in [1.29, 1.82) is 0 Å². The third-order valence-electron chi connectivity index (χ3n) is 5.27. The number of phenols is 1. The summed E-state index contributed by atoms with van der Waals surface area (Å²) in [5.41, 5.74) is 1.95. The summed E-state index contributed by atoms with van der Waals surface area (Å²) in [5.74, 6) is 1.10. The highest BCUT2D eigenvalue weighted by atomic mass is 19.1. The summed E-state index contributed by atoms with van der Waals surface area (Å²) in [6, 6.07) is 16.6. The molecule has 1 heterocycles. The number of benzene rings is 2. The predicted molar refractivity (Wildman–Crippen MR) is 113 cm³/mol. The van der Waals surface area contributed by atoms with Gasteiger partial charge in [0.15, 0.2) is 5.78 Å². The molecule has 0 aromatic heterocycles. The Morgan fingerprint density at radius 2 is 1.54 bits per heavy atom. The number of carbonyl (C=O) groups is 1. The van der Waals surface area contributed by atoms with Gasteiger partial charge in [-0.15, -0.1) is 0 Å². The topological polar surface area (TPSA) is 40.5 Å². The molecular formula is C24H32FNO2. The molecule has 1 N–H and O–H groups in total. The van der Waals surface area contributed by atoms with Gasteiger partial charge in [-0.25, -0.2) is 4.39 Å². The Labute approximate surface area is 168 Å². The molecule has 3 atom stereocenters. The Morgan fingerprint density at radius 1 is 1.00 bits per heavy atom. The maximum Gasteiger partial charge on any atom is 0.176 e. The van der Waals surface area contributed by atoms with Crippen molar-refractivity contribution in [3.63, 3.8) is 0 Å². The molecule has 0 radical (unpaired) electrons. The summed E-state index contributed by atoms with van der Waals surface area (Å²) < 4.78 is 13.2. The minimum Gasteiger partial charge on any atom is -0.508 e. The first-order valence-electron chi connectivity index (χ1n) is 10.2. The Morgan fingerprint density at radius 3 is 2.00 bits per heavy atom. The Kier molecular flexibility index (Phi) is 8.65. The molecule has 4 heteroatoms. The molecule has 1 saturated carbocycles. The summed E-state index contributed by atoms with van der Waals surface area (Å²) in [6.07, 6.45) is 0.688. The number of rotatable bonds is 3. The largest absolute Gasteiger partial charge is 0.508 e. The third kappa shape index (κ3) is 6.45. The standard InChI is InChI=1S/C15H18FNO2.C7H8.C2H6/c16-13-5-11-7-17(8-12(11)6-13)9-15(19)10-1-3-14(18)4-2-10;1-7-5-3-2-4-6-7;1-2/h1-4,11-13,18H,5-9H2;2-6H,1H3;1-2H3/t11-,12+,13?;;. The number of alkyl halides is 1. The van der Waals surface area contributed by atoms with E-state index in [1.54, 1.807) is 12.1 Å². The van der Waals surface area contributed by atoms with Gasteiger partial charge in [0, 0.05) is 18.7 Å². The Hall–Kier alpha value is -2.20. The molecule has 0 amide bonds. The van der Waals surface area contributed by atoms with Crippen molar-refractivity contribution in [3.05, 3.63) is 65.7 Å². The van der Waals surface area contributed by atoms with Gasteiger partial charge in [0.05, 0.1) is 6.54 Å². The van der Waals surface area contributed by atoms with Crippen LogP contribution in [0.2, 0.25) is 0 Å². The lowest BCUT2D eigenvalue weighted by Crippen LogP contribution is -2.29. The Balaban J connectivity index is 0.000000261. The van der Waals surface area contributed by atoms with Crippen LogP contribution < -0.4 is 0 Å². The highest BCUT2D eigenvalue weighted by Gasteiger charge is 2.41. The summed E-state index contributed by atoms with van der Waals surface area (Å²) >= 11 is 0. The molecule has 3 nitrogen and oxygen atoms in total. The van der Waals surface area contributed by atoms with E-state index in [1.165, 1.54) is 17.7 Å². The SMILES string of the molecule is CC.Cc1ccccc1.O=C(CN1C[C@H]2CC(F)C[C@H]2C1)c1ccc(O)cc1. The summed E-state index contributed by atoms with van der Waals surface area (Å²) in [6.45, 7) is 8.17. The number of halogens is 1. The lowest BCUT2D eigenvalue weighted by atomic mass is 10.0. The number of aryl methyl sites for hydroxylation is 1. The van der Waals surface area contributed by atoms with Crippen LogP contribution in [-0.4, -0.2) is 41.6 Å². The first kappa shape index (κ1) is 22.1. The lowest BCUT2D eigenvalue weighted by molar-refractivity contribution is 0.0939. The van der Waals surface area contributed by atoms with Crippen molar-refractivity contribution in [2.75, 3.05) is 19.6 Å². The van der Waals surface area contributed by atoms with Crippen molar-refractivity contribution >= 4 is 5.78 Å². The maximum atomic E-state index is 13.2. The van der Waals surface area contributed by atoms with Gasteiger partial charge < -0.3 is 5.11 Å². The van der Waals surface area contributed by atoms with Crippen LogP contribution in [0.15, 0.2) is 54.6 Å². The second-order valence-corrected chi connectivity index (χ2v) is 7.41. The number of aromatic hydroxyl groups is 1. The fourth-order valence-corrected chi connectivity index (χ4v) is 3.93. The lowest BCUT2D eigenvalue weighted by Gasteiger charge is -2.16. The number of ketones is 1. The number of carbonyl (C=O) groups excluding carboxylic acids is 1. The quantitative estimate of drug-likeness (QED) is 0.731. The highest BCUT2D eigenvalue weighted by molar-refractivity contribution is 5.97. The minimum absolute atomic E-state index is 0.0665. The molecule has 28 heavy (non-hydrogen) atoms. The van der Waals surface area contributed by atoms with Crippen molar-refractivity contribution in [2.24, 2.45) is 11.8 Å². The van der Waals surface area contributed by atoms with Crippen molar-refractivity contribution in [2.45, 2.75) is 39.8 Å². The van der Waals surface area contributed by atoms with Crippen LogP contribution in [-0.2, 0) is 0 Å². The number of fused-ring (bicyclic) bond motifs is 1. The van der Waals surface area contributed by atoms with Crippen LogP contribution in [0.3, 0.4) is 0 Å². The van der Waals surface area contributed by atoms with E-state index >= 15 is 0 Å². The average molecular weight is 386 g/mol. The third-order valence-corrected chi connectivity index (χ3v) is 5.27. The van der Waals surface area contributed by atoms with E-state index < -0.39 is 6.17 Å². The molecule has 2 aliphatic rings. The van der Waals surface area contributed by atoms with Gasteiger partial charge in [-0.1, -0.05) is 49.7 Å². The second-order valence-electron chi connectivity index (χ2n) is 7.41. The van der Waals surface area contributed by atoms with Crippen LogP contribution in [0.1, 0.15) is 42.6 Å². The summed E-state index contributed by atoms with van der Waals surface area (Å²) in [7, 11) is 0. The van der Waals surface area contributed by atoms with E-state index in [4.69, 9.17) is 0 Å². The zero-order chi connectivity index (χ0) is 20.5. The van der Waals surface area contributed by atoms with Crippen molar-refractivity contribution in [3.8, 4) is 5.75 Å². The molecule has 2 aromatic carbocycles. The summed E-state index contributed by atoms with van der Waals surface area (Å²) in [5, 5.41) is 9.20. The smallest absolute Gasteiger partial charge is 0.176 e. The van der Waals surface area contributed by atoms with Gasteiger partial charge in [0.25, 0.3) is 0 Å². The molecule has 0 spiro atoms. The normalized spacial score (nSPS) is 23.1. The molecule has 1 aliphatic heterocycles. The second kappa shape index (κ2) is 11.0. The van der Waals surface area contributed by atoms with Gasteiger partial charge in [-0.05, 0) is 55.9 Å². The molecular weight excluding hydrogens is 353 g/mol. The van der Waals surface area contributed by atoms with Crippen molar-refractivity contribution < 1.29 is 14.3 Å². The van der Waals surface area contributed by atoms with Gasteiger partial charge in [0.1, 0.15) is 11.9 Å². The number of hydrogen-bond acceptors (Lipinski definition) is 3. The molecule has 152 valence electrons. The number of phenolic OH excluding ortho intramolecular Hbond substituents is 1. The van der Waals surface area contributed by atoms with Crippen LogP contribution >= 0.6 is 0 Å². The first-order chi connectivity index (χ1) is 13.5. The number of Topliss-reactive ketones (excluding diaryl/α,β-unsaturated/α-hetero) is 1. The van der Waals surface area contributed by atoms with Crippen LogP contribution in [0.25, 0.3) is 0 Å². The molecule has 0 bridgehead atoms. The fourth-order valence-electron chi connectivity index (χ4n) is 3.93. The van der Waals surface area contributed by atoms with Crippen LogP contribution in [0, 0.1) is 18.8 Å². The van der Waals surface area contributed by atoms with Gasteiger partial charge in [0.2, 0.25) is 0 Å². The van der Waals surface area contributed by atoms with Gasteiger partial charge >= 0.3 is 0 Å². The van der Waals surface area contributed by atoms with E-state index in [1.807, 2.05) is 32.0 Å². The summed E-state index contributed by atoms with van der Waals surface area (Å²) in [4.78, 5) is 14.2. The molecule has 2 fully saturated rings. The molecule has 1 unspecified atom stereocenters. The van der Waals surface area contributed by atoms with Crippen molar-refractivity contribution in [1.82, 2.24) is 4.90 Å². The van der Waals surface area contributed by atoms with E-state index in [2.05, 4.69) is 24.0 Å². The fraction of sp³-hybridized carbons (Fsp3) is 0.458. The molecule has 1 aliphatic carbocycles. The Bertz CT molecular complexity index is 703. The zero-order valence-electron chi connectivity index (χ0n) is 17.1. The van der Waals surface area contributed by atoms with Gasteiger partial charge in [-0.3, -0.25) is 9.69 Å². The van der Waals surface area contributed by atoms with Crippen LogP contribution in [0.5, 0.6) is 5.75 Å². The van der Waals surface area contributed by atoms with E-state index in [-0.39, 0.29) is 11.5 Å². The highest BCUT2D eigenvalue weighted by Crippen LogP contribution is 2.39. The first-order valence-corrected chi connectivity index (χ1v) is 10.2. The number of likely N-dealkylation sites (tertiary alicyclic amines) is 1. The maximum absolute atomic E-state index is 13.2. The number of nitrogens with zero attached hydrogens (tertiary/aromatic N) is 1. The predicted octanol–water partition coefficient (Wildman–Crippen LogP) is 5.28. The number of hydrogen-bond donors (Lipinski definition) is 1. The monoisotopic (exact) mass is 385 g/mol. The molecule has 4 rings (SSSR count). The zero-order valence-corrected chi connectivity index (χ0v) is 17.1. The van der Waals surface area contributed by atoms with E-state index in [0.717, 1.165) is 13.1 Å². The van der Waals surface area contributed by atoms with E-state index in [9.17, 15) is 14.3 Å². The van der Waals surface area contributed by atoms with Crippen LogP contribution in [0.4, 0.5) is 4.39 Å². The van der Waals surface area contributed by atoms with E-state index in [0.29, 0.717) is 36.8 Å². The molecule has 1 saturated heterocycles. The molecule has 2 aromatic rings. The minimum atomic E-state index is -0.634. The van der Waals surface area contributed by atoms with Gasteiger partial charge in [-0.2, -0.15) is 0 Å².